The quantitative estimate of drug-likeness (QED) is 0.471. The van der Waals surface area contributed by atoms with Gasteiger partial charge in [0.25, 0.3) is 8.32 Å². The van der Waals surface area contributed by atoms with E-state index in [0.717, 1.165) is 0 Å². The number of ether oxygens (including phenoxy) is 1. The van der Waals surface area contributed by atoms with E-state index in [9.17, 15) is 5.11 Å². The third-order valence-electron chi connectivity index (χ3n) is 5.72. The monoisotopic (exact) mass is 412 g/mol. The summed E-state index contributed by atoms with van der Waals surface area (Å²) in [6.45, 7) is 13.0. The molecule has 2 aromatic carbocycles. The van der Waals surface area contributed by atoms with Crippen molar-refractivity contribution in [2.24, 2.45) is 5.92 Å². The number of hydrogen-bond donors (Lipinski definition) is 1. The van der Waals surface area contributed by atoms with Gasteiger partial charge in [-0.1, -0.05) is 94.4 Å². The lowest BCUT2D eigenvalue weighted by Gasteiger charge is -2.43. The third-order valence-corrected chi connectivity index (χ3v) is 10.7. The minimum Gasteiger partial charge on any atom is -0.405 e. The van der Waals surface area contributed by atoms with Crippen LogP contribution in [0.25, 0.3) is 0 Å². The van der Waals surface area contributed by atoms with Gasteiger partial charge in [0.05, 0.1) is 18.8 Å². The van der Waals surface area contributed by atoms with E-state index in [1.54, 1.807) is 13.2 Å². The molecule has 2 aromatic rings. The van der Waals surface area contributed by atoms with E-state index in [1.807, 2.05) is 19.1 Å². The minimum atomic E-state index is -2.60. The van der Waals surface area contributed by atoms with Crippen molar-refractivity contribution in [3.63, 3.8) is 0 Å². The van der Waals surface area contributed by atoms with Crippen LogP contribution in [-0.4, -0.2) is 39.3 Å². The average molecular weight is 413 g/mol. The topological polar surface area (TPSA) is 38.7 Å². The summed E-state index contributed by atoms with van der Waals surface area (Å²) in [4.78, 5) is 0. The third kappa shape index (κ3) is 5.46. The Bertz CT molecular complexity index is 700. The second-order valence-corrected chi connectivity index (χ2v) is 13.0. The molecule has 4 heteroatoms. The highest BCUT2D eigenvalue weighted by Crippen LogP contribution is 2.37. The first-order chi connectivity index (χ1) is 13.8. The van der Waals surface area contributed by atoms with Crippen LogP contribution in [0.5, 0.6) is 0 Å². The van der Waals surface area contributed by atoms with Crippen molar-refractivity contribution < 1.29 is 14.3 Å². The Kier molecular flexibility index (Phi) is 8.41. The number of aliphatic hydroxyl groups is 1. The van der Waals surface area contributed by atoms with Gasteiger partial charge in [0, 0.05) is 13.5 Å². The predicted octanol–water partition coefficient (Wildman–Crippen LogP) is 4.15. The van der Waals surface area contributed by atoms with Crippen LogP contribution >= 0.6 is 0 Å². The molecular weight excluding hydrogens is 376 g/mol. The summed E-state index contributed by atoms with van der Waals surface area (Å²) in [5.41, 5.74) is 0. The van der Waals surface area contributed by atoms with Crippen LogP contribution in [0.1, 0.15) is 34.1 Å². The fraction of sp³-hybridized carbons (Fsp3) is 0.440. The van der Waals surface area contributed by atoms with Crippen molar-refractivity contribution in [3.05, 3.63) is 73.3 Å². The summed E-state index contributed by atoms with van der Waals surface area (Å²) in [6, 6.07) is 21.1. The van der Waals surface area contributed by atoms with Crippen molar-refractivity contribution in [1.82, 2.24) is 0 Å². The van der Waals surface area contributed by atoms with Gasteiger partial charge in [0.1, 0.15) is 0 Å². The van der Waals surface area contributed by atoms with Crippen molar-refractivity contribution in [2.45, 2.75) is 51.4 Å². The van der Waals surface area contributed by atoms with E-state index in [0.29, 0.717) is 13.0 Å². The number of methoxy groups -OCH3 is 1. The standard InChI is InChI=1S/C25H36O3Si/c1-7-20(2)24(26)18-21(27-6)19-28-29(25(3,4)5,22-14-10-8-11-15-22)23-16-12-9-13-17-23/h7-17,20-21,24,26H,1,18-19H2,2-6H3/t20-,21+,24+/m1/s1. The van der Waals surface area contributed by atoms with E-state index in [4.69, 9.17) is 9.16 Å². The summed E-state index contributed by atoms with van der Waals surface area (Å²) >= 11 is 0. The second kappa shape index (κ2) is 10.3. The first-order valence-electron chi connectivity index (χ1n) is 10.3. The molecular formula is C25H36O3Si. The number of rotatable bonds is 10. The van der Waals surface area contributed by atoms with E-state index in [1.165, 1.54) is 10.4 Å². The molecule has 1 N–H and O–H groups in total. The van der Waals surface area contributed by atoms with Crippen LogP contribution in [0.3, 0.4) is 0 Å². The molecule has 158 valence electrons. The van der Waals surface area contributed by atoms with Gasteiger partial charge in [-0.15, -0.1) is 6.58 Å². The molecule has 0 saturated carbocycles. The Morgan fingerprint density at radius 3 is 1.86 bits per heavy atom. The first-order valence-corrected chi connectivity index (χ1v) is 12.3. The van der Waals surface area contributed by atoms with Crippen molar-refractivity contribution >= 4 is 18.7 Å². The lowest BCUT2D eigenvalue weighted by atomic mass is 10.00. The lowest BCUT2D eigenvalue weighted by molar-refractivity contribution is 0.00492. The molecule has 3 nitrogen and oxygen atoms in total. The van der Waals surface area contributed by atoms with E-state index < -0.39 is 14.4 Å². The zero-order valence-corrected chi connectivity index (χ0v) is 19.5. The normalized spacial score (nSPS) is 15.5. The van der Waals surface area contributed by atoms with Crippen molar-refractivity contribution in [1.29, 1.82) is 0 Å². The smallest absolute Gasteiger partial charge is 0.261 e. The summed E-state index contributed by atoms with van der Waals surface area (Å²) in [6.07, 6.45) is 1.61. The zero-order chi connectivity index (χ0) is 21.5. The van der Waals surface area contributed by atoms with E-state index >= 15 is 0 Å². The Balaban J connectivity index is 2.41. The molecule has 0 aromatic heterocycles. The van der Waals surface area contributed by atoms with Crippen LogP contribution in [-0.2, 0) is 9.16 Å². The zero-order valence-electron chi connectivity index (χ0n) is 18.5. The minimum absolute atomic E-state index is 0.0144. The Morgan fingerprint density at radius 1 is 1.00 bits per heavy atom. The molecule has 0 aliphatic heterocycles. The number of hydrogen-bond acceptors (Lipinski definition) is 3. The Hall–Kier alpha value is -1.72. The molecule has 0 amide bonds. The van der Waals surface area contributed by atoms with Gasteiger partial charge >= 0.3 is 0 Å². The predicted molar refractivity (Wildman–Crippen MR) is 124 cm³/mol. The van der Waals surface area contributed by atoms with E-state index in [-0.39, 0.29) is 17.1 Å². The van der Waals surface area contributed by atoms with Crippen LogP contribution in [0.15, 0.2) is 73.3 Å². The summed E-state index contributed by atoms with van der Waals surface area (Å²) < 4.78 is 12.6. The van der Waals surface area contributed by atoms with Crippen LogP contribution < -0.4 is 10.4 Å². The molecule has 0 unspecified atom stereocenters. The van der Waals surface area contributed by atoms with Gasteiger partial charge in [0.15, 0.2) is 0 Å². The lowest BCUT2D eigenvalue weighted by Crippen LogP contribution is -2.67. The molecule has 0 radical (unpaired) electrons. The largest absolute Gasteiger partial charge is 0.405 e. The molecule has 2 rings (SSSR count). The highest BCUT2D eigenvalue weighted by atomic mass is 28.4. The molecule has 0 aliphatic rings. The molecule has 3 atom stereocenters. The van der Waals surface area contributed by atoms with Gasteiger partial charge < -0.3 is 14.3 Å². The van der Waals surface area contributed by atoms with Gasteiger partial charge in [-0.3, -0.25) is 0 Å². The molecule has 0 aliphatic carbocycles. The number of aliphatic hydroxyl groups excluding tert-OH is 1. The number of benzene rings is 2. The van der Waals surface area contributed by atoms with Gasteiger partial charge in [-0.25, -0.2) is 0 Å². The second-order valence-electron chi connectivity index (χ2n) is 8.73. The highest BCUT2D eigenvalue weighted by molar-refractivity contribution is 6.99. The first kappa shape index (κ1) is 23.6. The molecule has 0 bridgehead atoms. The summed E-state index contributed by atoms with van der Waals surface area (Å²) in [5, 5.41) is 12.9. The van der Waals surface area contributed by atoms with E-state index in [2.05, 4.69) is 75.9 Å². The Morgan fingerprint density at radius 2 is 1.48 bits per heavy atom. The van der Waals surface area contributed by atoms with Crippen LogP contribution in [0.2, 0.25) is 5.04 Å². The highest BCUT2D eigenvalue weighted by Gasteiger charge is 2.50. The van der Waals surface area contributed by atoms with Gasteiger partial charge in [0.2, 0.25) is 0 Å². The fourth-order valence-electron chi connectivity index (χ4n) is 3.85. The molecule has 0 fully saturated rings. The van der Waals surface area contributed by atoms with Crippen LogP contribution in [0.4, 0.5) is 0 Å². The van der Waals surface area contributed by atoms with Crippen LogP contribution in [0, 0.1) is 5.92 Å². The summed E-state index contributed by atoms with van der Waals surface area (Å²) in [7, 11) is -0.911. The summed E-state index contributed by atoms with van der Waals surface area (Å²) in [5.74, 6) is 0.0144. The molecule has 0 saturated heterocycles. The SMILES string of the molecule is C=C[C@@H](C)[C@@H](O)C[C@@H](CO[Si](c1ccccc1)(c1ccccc1)C(C)(C)C)OC. The fourth-order valence-corrected chi connectivity index (χ4v) is 8.44. The molecule has 29 heavy (non-hydrogen) atoms. The maximum atomic E-state index is 10.4. The van der Waals surface area contributed by atoms with Crippen molar-refractivity contribution in [3.8, 4) is 0 Å². The Labute approximate surface area is 177 Å². The van der Waals surface area contributed by atoms with Gasteiger partial charge in [-0.05, 0) is 21.3 Å². The maximum absolute atomic E-state index is 10.4. The average Bonchev–Trinajstić information content (AvgIpc) is 2.73. The molecule has 0 heterocycles. The molecule has 0 spiro atoms. The maximum Gasteiger partial charge on any atom is 0.261 e. The van der Waals surface area contributed by atoms with Gasteiger partial charge in [-0.2, -0.15) is 0 Å². The van der Waals surface area contributed by atoms with Crippen molar-refractivity contribution in [2.75, 3.05) is 13.7 Å².